The van der Waals surface area contributed by atoms with Crippen molar-refractivity contribution in [1.82, 2.24) is 14.7 Å². The Morgan fingerprint density at radius 1 is 1.36 bits per heavy atom. The second-order valence-electron chi connectivity index (χ2n) is 5.81. The minimum absolute atomic E-state index is 0.422. The lowest BCUT2D eigenvalue weighted by Crippen LogP contribution is -2.29. The van der Waals surface area contributed by atoms with Gasteiger partial charge in [0.1, 0.15) is 0 Å². The molecule has 1 aliphatic heterocycles. The molecule has 1 aromatic heterocycles. The van der Waals surface area contributed by atoms with Crippen molar-refractivity contribution in [2.24, 2.45) is 5.92 Å². The van der Waals surface area contributed by atoms with Crippen LogP contribution in [-0.4, -0.2) is 34.9 Å². The Hall–Kier alpha value is -2.16. The third-order valence-electron chi connectivity index (χ3n) is 4.00. The molecule has 3 rings (SSSR count). The molecule has 5 nitrogen and oxygen atoms in total. The Kier molecular flexibility index (Phi) is 4.52. The molecule has 5 heteroatoms. The van der Waals surface area contributed by atoms with E-state index in [1.165, 1.54) is 11.3 Å². The Labute approximate surface area is 130 Å². The standard InChI is InChI=1S/C17H20N4O/c1-22-13-16-10-20(12-17-5-6-19-21(17)11-16)9-15-4-2-3-14(7-15)8-18/h2-7,16H,9-13H2,1H3. The van der Waals surface area contributed by atoms with Gasteiger partial charge < -0.3 is 4.74 Å². The Morgan fingerprint density at radius 3 is 3.09 bits per heavy atom. The first-order chi connectivity index (χ1) is 10.8. The van der Waals surface area contributed by atoms with Crippen molar-refractivity contribution in [2.75, 3.05) is 20.3 Å². The topological polar surface area (TPSA) is 54.1 Å². The van der Waals surface area contributed by atoms with E-state index in [1.54, 1.807) is 7.11 Å². The summed E-state index contributed by atoms with van der Waals surface area (Å²) in [5.41, 5.74) is 3.11. The summed E-state index contributed by atoms with van der Waals surface area (Å²) in [6, 6.07) is 12.1. The van der Waals surface area contributed by atoms with Gasteiger partial charge in [0, 0.05) is 45.4 Å². The number of hydrogen-bond acceptors (Lipinski definition) is 4. The number of rotatable bonds is 4. The van der Waals surface area contributed by atoms with Crippen LogP contribution in [-0.2, 0) is 24.4 Å². The van der Waals surface area contributed by atoms with E-state index in [2.05, 4.69) is 32.9 Å². The summed E-state index contributed by atoms with van der Waals surface area (Å²) in [6.07, 6.45) is 1.86. The molecule has 1 atom stereocenters. The molecule has 2 aromatic rings. The molecule has 0 bridgehead atoms. The van der Waals surface area contributed by atoms with Gasteiger partial charge in [-0.2, -0.15) is 10.4 Å². The molecular formula is C17H20N4O. The molecule has 0 spiro atoms. The Balaban J connectivity index is 1.78. The van der Waals surface area contributed by atoms with Crippen molar-refractivity contribution >= 4 is 0 Å². The maximum atomic E-state index is 9.04. The normalized spacial score (nSPS) is 18.5. The molecule has 1 aromatic carbocycles. The molecular weight excluding hydrogens is 276 g/mol. The van der Waals surface area contributed by atoms with Crippen molar-refractivity contribution < 1.29 is 4.74 Å². The van der Waals surface area contributed by atoms with Crippen LogP contribution in [0.2, 0.25) is 0 Å². The number of methoxy groups -OCH3 is 1. The lowest BCUT2D eigenvalue weighted by Gasteiger charge is -2.23. The van der Waals surface area contributed by atoms with Crippen LogP contribution in [0.5, 0.6) is 0 Å². The molecule has 0 saturated carbocycles. The zero-order valence-electron chi connectivity index (χ0n) is 12.8. The van der Waals surface area contributed by atoms with E-state index in [0.29, 0.717) is 11.5 Å². The average molecular weight is 296 g/mol. The van der Waals surface area contributed by atoms with Crippen LogP contribution in [0.1, 0.15) is 16.8 Å². The number of aromatic nitrogens is 2. The van der Waals surface area contributed by atoms with E-state index in [0.717, 1.165) is 32.8 Å². The molecule has 0 saturated heterocycles. The quantitative estimate of drug-likeness (QED) is 0.866. The lowest BCUT2D eigenvalue weighted by molar-refractivity contribution is 0.114. The highest BCUT2D eigenvalue weighted by atomic mass is 16.5. The predicted molar refractivity (Wildman–Crippen MR) is 82.9 cm³/mol. The summed E-state index contributed by atoms with van der Waals surface area (Å²) in [6.45, 7) is 4.30. The van der Waals surface area contributed by atoms with Crippen LogP contribution in [0.25, 0.3) is 0 Å². The van der Waals surface area contributed by atoms with Crippen molar-refractivity contribution in [1.29, 1.82) is 5.26 Å². The highest BCUT2D eigenvalue weighted by Gasteiger charge is 2.22. The Morgan fingerprint density at radius 2 is 2.27 bits per heavy atom. The smallest absolute Gasteiger partial charge is 0.0991 e. The monoisotopic (exact) mass is 296 g/mol. The van der Waals surface area contributed by atoms with Crippen molar-refractivity contribution in [2.45, 2.75) is 19.6 Å². The van der Waals surface area contributed by atoms with Gasteiger partial charge in [-0.15, -0.1) is 0 Å². The first-order valence-electron chi connectivity index (χ1n) is 7.49. The van der Waals surface area contributed by atoms with Gasteiger partial charge in [-0.1, -0.05) is 12.1 Å². The van der Waals surface area contributed by atoms with Gasteiger partial charge in [0.15, 0.2) is 0 Å². The molecule has 2 heterocycles. The minimum Gasteiger partial charge on any atom is -0.384 e. The van der Waals surface area contributed by atoms with Crippen LogP contribution < -0.4 is 0 Å². The van der Waals surface area contributed by atoms with Gasteiger partial charge in [-0.05, 0) is 23.8 Å². The Bertz CT molecular complexity index is 673. The first-order valence-corrected chi connectivity index (χ1v) is 7.49. The van der Waals surface area contributed by atoms with Crippen molar-refractivity contribution in [3.05, 3.63) is 53.3 Å². The largest absolute Gasteiger partial charge is 0.384 e. The van der Waals surface area contributed by atoms with E-state index >= 15 is 0 Å². The fraction of sp³-hybridized carbons (Fsp3) is 0.412. The highest BCUT2D eigenvalue weighted by Crippen LogP contribution is 2.18. The maximum Gasteiger partial charge on any atom is 0.0991 e. The average Bonchev–Trinajstić information content (AvgIpc) is 2.88. The van der Waals surface area contributed by atoms with Gasteiger partial charge in [0.05, 0.1) is 23.9 Å². The zero-order valence-corrected chi connectivity index (χ0v) is 12.8. The second-order valence-corrected chi connectivity index (χ2v) is 5.81. The van der Waals surface area contributed by atoms with Gasteiger partial charge in [-0.25, -0.2) is 0 Å². The van der Waals surface area contributed by atoms with E-state index in [1.807, 2.05) is 24.4 Å². The summed E-state index contributed by atoms with van der Waals surface area (Å²) < 4.78 is 7.43. The van der Waals surface area contributed by atoms with Gasteiger partial charge in [0.25, 0.3) is 0 Å². The molecule has 22 heavy (non-hydrogen) atoms. The molecule has 0 radical (unpaired) electrons. The highest BCUT2D eigenvalue weighted by molar-refractivity contribution is 5.32. The maximum absolute atomic E-state index is 9.04. The van der Waals surface area contributed by atoms with Gasteiger partial charge in [0.2, 0.25) is 0 Å². The van der Waals surface area contributed by atoms with E-state index in [-0.39, 0.29) is 0 Å². The molecule has 1 aliphatic rings. The molecule has 114 valence electrons. The SMILES string of the molecule is COCC1CN(Cc2cccc(C#N)c2)Cc2ccnn2C1. The number of benzene rings is 1. The zero-order chi connectivity index (χ0) is 15.4. The third-order valence-corrected chi connectivity index (χ3v) is 4.00. The van der Waals surface area contributed by atoms with Crippen molar-refractivity contribution in [3.63, 3.8) is 0 Å². The first kappa shape index (κ1) is 14.8. The summed E-state index contributed by atoms with van der Waals surface area (Å²) in [5, 5.41) is 13.4. The number of ether oxygens (including phenoxy) is 1. The number of nitriles is 1. The van der Waals surface area contributed by atoms with Gasteiger partial charge >= 0.3 is 0 Å². The fourth-order valence-electron chi connectivity index (χ4n) is 3.08. The number of hydrogen-bond donors (Lipinski definition) is 0. The predicted octanol–water partition coefficient (Wildman–Crippen LogP) is 2.03. The number of nitrogens with zero attached hydrogens (tertiary/aromatic N) is 4. The van der Waals surface area contributed by atoms with Crippen LogP contribution >= 0.6 is 0 Å². The summed E-state index contributed by atoms with van der Waals surface area (Å²) in [7, 11) is 1.75. The fourth-order valence-corrected chi connectivity index (χ4v) is 3.08. The summed E-state index contributed by atoms with van der Waals surface area (Å²) in [4.78, 5) is 2.40. The minimum atomic E-state index is 0.422. The second kappa shape index (κ2) is 6.73. The molecule has 0 N–H and O–H groups in total. The van der Waals surface area contributed by atoms with Crippen LogP contribution in [0, 0.1) is 17.2 Å². The van der Waals surface area contributed by atoms with Gasteiger partial charge in [-0.3, -0.25) is 9.58 Å². The summed E-state index contributed by atoms with van der Waals surface area (Å²) >= 11 is 0. The molecule has 0 fully saturated rings. The molecule has 0 amide bonds. The van der Waals surface area contributed by atoms with E-state index < -0.39 is 0 Å². The molecule has 1 unspecified atom stereocenters. The van der Waals surface area contributed by atoms with E-state index in [9.17, 15) is 0 Å². The van der Waals surface area contributed by atoms with Crippen LogP contribution in [0.3, 0.4) is 0 Å². The van der Waals surface area contributed by atoms with Crippen molar-refractivity contribution in [3.8, 4) is 6.07 Å². The summed E-state index contributed by atoms with van der Waals surface area (Å²) in [5.74, 6) is 0.422. The van der Waals surface area contributed by atoms with Crippen LogP contribution in [0.15, 0.2) is 36.5 Å². The van der Waals surface area contributed by atoms with E-state index in [4.69, 9.17) is 10.00 Å². The molecule has 0 aliphatic carbocycles. The number of fused-ring (bicyclic) bond motifs is 1. The lowest BCUT2D eigenvalue weighted by atomic mass is 10.1. The third kappa shape index (κ3) is 3.35. The van der Waals surface area contributed by atoms with Crippen LogP contribution in [0.4, 0.5) is 0 Å².